The fraction of sp³-hybridized carbons (Fsp3) is 0.889. The third-order valence-electron chi connectivity index (χ3n) is 5.68. The van der Waals surface area contributed by atoms with Crippen molar-refractivity contribution < 1.29 is 14.3 Å². The Kier molecular flexibility index (Phi) is 6.67. The van der Waals surface area contributed by atoms with Crippen molar-refractivity contribution >= 4 is 11.8 Å². The van der Waals surface area contributed by atoms with E-state index in [4.69, 9.17) is 4.74 Å². The molecule has 0 radical (unpaired) electrons. The number of hydrogen-bond acceptors (Lipinski definition) is 5. The van der Waals surface area contributed by atoms with Crippen LogP contribution in [0.5, 0.6) is 0 Å². The number of nitrogens with zero attached hydrogens (tertiary/aromatic N) is 3. The van der Waals surface area contributed by atoms with Crippen LogP contribution >= 0.6 is 0 Å². The van der Waals surface area contributed by atoms with E-state index in [-0.39, 0.29) is 23.9 Å². The average molecular weight is 352 g/mol. The van der Waals surface area contributed by atoms with Gasteiger partial charge in [-0.15, -0.1) is 0 Å². The highest BCUT2D eigenvalue weighted by atomic mass is 16.5. The Hall–Kier alpha value is -1.18. The van der Waals surface area contributed by atoms with Gasteiger partial charge in [0, 0.05) is 52.1 Å². The van der Waals surface area contributed by atoms with Crippen LogP contribution in [0.3, 0.4) is 0 Å². The van der Waals surface area contributed by atoms with Crippen molar-refractivity contribution in [2.24, 2.45) is 0 Å². The van der Waals surface area contributed by atoms with Crippen molar-refractivity contribution in [1.29, 1.82) is 0 Å². The minimum atomic E-state index is 0.0340. The molecule has 0 aromatic heterocycles. The molecule has 0 bridgehead atoms. The third-order valence-corrected chi connectivity index (χ3v) is 5.68. The molecule has 0 unspecified atom stereocenters. The summed E-state index contributed by atoms with van der Waals surface area (Å²) < 4.78 is 5.64. The molecule has 0 aliphatic carbocycles. The molecule has 3 aliphatic heterocycles. The second-order valence-corrected chi connectivity index (χ2v) is 7.56. The van der Waals surface area contributed by atoms with Crippen molar-refractivity contribution in [1.82, 2.24) is 20.0 Å². The van der Waals surface area contributed by atoms with Crippen LogP contribution in [0, 0.1) is 0 Å². The van der Waals surface area contributed by atoms with E-state index in [0.717, 1.165) is 52.0 Å². The first-order chi connectivity index (χ1) is 12.1. The van der Waals surface area contributed by atoms with Crippen molar-refractivity contribution in [3.05, 3.63) is 0 Å². The number of rotatable bonds is 5. The third kappa shape index (κ3) is 5.15. The lowest BCUT2D eigenvalue weighted by atomic mass is 10.1. The summed E-state index contributed by atoms with van der Waals surface area (Å²) in [6.07, 6.45) is 4.16. The molecule has 3 saturated heterocycles. The van der Waals surface area contributed by atoms with Crippen LogP contribution in [-0.2, 0) is 14.3 Å². The monoisotopic (exact) mass is 352 g/mol. The highest BCUT2D eigenvalue weighted by molar-refractivity contribution is 5.79. The second kappa shape index (κ2) is 8.96. The van der Waals surface area contributed by atoms with Gasteiger partial charge in [0.25, 0.3) is 0 Å². The van der Waals surface area contributed by atoms with E-state index in [1.165, 1.54) is 0 Å². The normalized spacial score (nSPS) is 29.6. The second-order valence-electron chi connectivity index (χ2n) is 7.56. The number of likely N-dealkylation sites (N-methyl/N-ethyl adjacent to an activating group) is 1. The largest absolute Gasteiger partial charge is 0.378 e. The van der Waals surface area contributed by atoms with Gasteiger partial charge < -0.3 is 19.9 Å². The van der Waals surface area contributed by atoms with E-state index in [0.29, 0.717) is 32.6 Å². The molecule has 0 aromatic carbocycles. The van der Waals surface area contributed by atoms with E-state index < -0.39 is 0 Å². The summed E-state index contributed by atoms with van der Waals surface area (Å²) in [6.45, 7) is 6.80. The highest BCUT2D eigenvalue weighted by Crippen LogP contribution is 2.16. The Morgan fingerprint density at radius 1 is 1.12 bits per heavy atom. The number of amides is 2. The summed E-state index contributed by atoms with van der Waals surface area (Å²) in [5.74, 6) is 0.233. The van der Waals surface area contributed by atoms with Gasteiger partial charge in [-0.2, -0.15) is 0 Å². The molecule has 25 heavy (non-hydrogen) atoms. The predicted molar refractivity (Wildman–Crippen MR) is 95.3 cm³/mol. The number of piperazine rings is 1. The quantitative estimate of drug-likeness (QED) is 0.749. The maximum absolute atomic E-state index is 12.4. The van der Waals surface area contributed by atoms with Gasteiger partial charge in [-0.3, -0.25) is 14.5 Å². The van der Waals surface area contributed by atoms with Gasteiger partial charge in [0.05, 0.1) is 25.3 Å². The summed E-state index contributed by atoms with van der Waals surface area (Å²) in [5, 5.41) is 3.15. The average Bonchev–Trinajstić information content (AvgIpc) is 2.95. The molecular weight excluding hydrogens is 320 g/mol. The van der Waals surface area contributed by atoms with Crippen LogP contribution in [-0.4, -0.2) is 98.1 Å². The molecule has 142 valence electrons. The molecule has 3 aliphatic rings. The lowest BCUT2D eigenvalue weighted by Gasteiger charge is -2.38. The minimum Gasteiger partial charge on any atom is -0.378 e. The zero-order valence-electron chi connectivity index (χ0n) is 15.4. The first-order valence-electron chi connectivity index (χ1n) is 9.71. The summed E-state index contributed by atoms with van der Waals surface area (Å²) in [5.41, 5.74) is 0. The van der Waals surface area contributed by atoms with E-state index in [2.05, 4.69) is 22.2 Å². The number of likely N-dealkylation sites (tertiary alicyclic amines) is 1. The van der Waals surface area contributed by atoms with Gasteiger partial charge in [-0.25, -0.2) is 0 Å². The molecule has 0 spiro atoms. The molecule has 0 aromatic rings. The number of hydrogen-bond donors (Lipinski definition) is 1. The van der Waals surface area contributed by atoms with Crippen LogP contribution in [0.1, 0.15) is 32.1 Å². The zero-order valence-corrected chi connectivity index (χ0v) is 15.4. The highest BCUT2D eigenvalue weighted by Gasteiger charge is 2.35. The van der Waals surface area contributed by atoms with Crippen molar-refractivity contribution in [2.45, 2.75) is 44.2 Å². The summed E-state index contributed by atoms with van der Waals surface area (Å²) in [4.78, 5) is 31.0. The van der Waals surface area contributed by atoms with Crippen molar-refractivity contribution in [3.63, 3.8) is 0 Å². The fourth-order valence-corrected chi connectivity index (χ4v) is 3.98. The first-order valence-corrected chi connectivity index (χ1v) is 9.71. The van der Waals surface area contributed by atoms with Crippen molar-refractivity contribution in [2.75, 3.05) is 59.5 Å². The Morgan fingerprint density at radius 3 is 2.72 bits per heavy atom. The maximum Gasteiger partial charge on any atom is 0.222 e. The van der Waals surface area contributed by atoms with Gasteiger partial charge in [0.15, 0.2) is 0 Å². The molecule has 7 heteroatoms. The van der Waals surface area contributed by atoms with E-state index in [1.54, 1.807) is 0 Å². The van der Waals surface area contributed by atoms with Gasteiger partial charge >= 0.3 is 0 Å². The standard InChI is InChI=1S/C18H32N4O3/c1-20-9-11-21(12-10-20)16-14-25-13-15(16)19-17(23)6-8-22-7-4-2-3-5-18(22)24/h15-16H,2-14H2,1H3,(H,19,23)/t15-,16-/m0/s1. The Labute approximate surface area is 150 Å². The van der Waals surface area contributed by atoms with Crippen LogP contribution in [0.2, 0.25) is 0 Å². The molecule has 3 rings (SSSR count). The Bertz CT molecular complexity index is 465. The van der Waals surface area contributed by atoms with Crippen LogP contribution in [0.15, 0.2) is 0 Å². The van der Waals surface area contributed by atoms with Gasteiger partial charge in [-0.05, 0) is 19.9 Å². The molecule has 7 nitrogen and oxygen atoms in total. The minimum absolute atomic E-state index is 0.0340. The fourth-order valence-electron chi connectivity index (χ4n) is 3.98. The van der Waals surface area contributed by atoms with Gasteiger partial charge in [0.1, 0.15) is 0 Å². The Balaban J connectivity index is 1.44. The SMILES string of the molecule is CN1CCN([C@H]2COC[C@@H]2NC(=O)CCN2CCCCCC2=O)CC1. The van der Waals surface area contributed by atoms with Crippen LogP contribution in [0.4, 0.5) is 0 Å². The topological polar surface area (TPSA) is 65.1 Å². The summed E-state index contributed by atoms with van der Waals surface area (Å²) in [6, 6.07) is 0.341. The number of ether oxygens (including phenoxy) is 1. The number of carbonyl (C=O) groups is 2. The van der Waals surface area contributed by atoms with E-state index in [1.807, 2.05) is 4.90 Å². The first kappa shape index (κ1) is 18.6. The number of carbonyl (C=O) groups excluding carboxylic acids is 2. The van der Waals surface area contributed by atoms with Crippen LogP contribution < -0.4 is 5.32 Å². The molecular formula is C18H32N4O3. The summed E-state index contributed by atoms with van der Waals surface area (Å²) >= 11 is 0. The van der Waals surface area contributed by atoms with Crippen molar-refractivity contribution in [3.8, 4) is 0 Å². The molecule has 0 saturated carbocycles. The van der Waals surface area contributed by atoms with Crippen LogP contribution in [0.25, 0.3) is 0 Å². The summed E-state index contributed by atoms with van der Waals surface area (Å²) in [7, 11) is 2.14. The molecule has 3 heterocycles. The number of nitrogens with one attached hydrogen (secondary N) is 1. The predicted octanol–water partition coefficient (Wildman–Crippen LogP) is -0.0899. The molecule has 2 atom stereocenters. The molecule has 2 amide bonds. The molecule has 1 N–H and O–H groups in total. The lowest BCUT2D eigenvalue weighted by molar-refractivity contribution is -0.131. The van der Waals surface area contributed by atoms with E-state index in [9.17, 15) is 9.59 Å². The maximum atomic E-state index is 12.4. The van der Waals surface area contributed by atoms with Gasteiger partial charge in [0.2, 0.25) is 11.8 Å². The smallest absolute Gasteiger partial charge is 0.222 e. The van der Waals surface area contributed by atoms with E-state index >= 15 is 0 Å². The lowest BCUT2D eigenvalue weighted by Crippen LogP contribution is -2.56. The van der Waals surface area contributed by atoms with Gasteiger partial charge in [-0.1, -0.05) is 6.42 Å². The Morgan fingerprint density at radius 2 is 1.92 bits per heavy atom. The zero-order chi connectivity index (χ0) is 17.6. The molecule has 3 fully saturated rings.